The Morgan fingerprint density at radius 1 is 1.41 bits per heavy atom. The minimum Gasteiger partial charge on any atom is -0.384 e. The molecule has 17 heavy (non-hydrogen) atoms. The van der Waals surface area contributed by atoms with Gasteiger partial charge < -0.3 is 15.0 Å². The fourth-order valence-corrected chi connectivity index (χ4v) is 2.24. The smallest absolute Gasteiger partial charge is 0.269 e. The highest BCUT2D eigenvalue weighted by atomic mass is 32.1. The highest BCUT2D eigenvalue weighted by molar-refractivity contribution is 7.15. The van der Waals surface area contributed by atoms with Crippen molar-refractivity contribution in [1.82, 2.24) is 15.1 Å². The first kappa shape index (κ1) is 12.2. The van der Waals surface area contributed by atoms with E-state index in [4.69, 9.17) is 15.0 Å². The van der Waals surface area contributed by atoms with E-state index in [-0.39, 0.29) is 0 Å². The summed E-state index contributed by atoms with van der Waals surface area (Å²) in [4.78, 5) is 9.51. The van der Waals surface area contributed by atoms with Crippen LogP contribution >= 0.6 is 11.3 Å². The summed E-state index contributed by atoms with van der Waals surface area (Å²) in [6, 6.07) is 0. The Balaban J connectivity index is 2.20. The molecule has 0 aliphatic heterocycles. The van der Waals surface area contributed by atoms with Gasteiger partial charge in [0.2, 0.25) is 0 Å². The number of methoxy groups -OCH3 is 1. The molecule has 6 nitrogen and oxygen atoms in total. The van der Waals surface area contributed by atoms with Crippen LogP contribution in [0.5, 0.6) is 0 Å². The average Bonchev–Trinajstić information content (AvgIpc) is 2.92. The van der Waals surface area contributed by atoms with Crippen LogP contribution in [0, 0.1) is 6.92 Å². The molecule has 0 spiro atoms. The number of hydrogen-bond acceptors (Lipinski definition) is 7. The Kier molecular flexibility index (Phi) is 3.82. The Bertz CT molecular complexity index is 494. The molecule has 2 N–H and O–H groups in total. The van der Waals surface area contributed by atoms with E-state index in [1.807, 2.05) is 6.92 Å². The van der Waals surface area contributed by atoms with Gasteiger partial charge in [-0.15, -0.1) is 11.3 Å². The maximum atomic E-state index is 5.55. The molecule has 2 rings (SSSR count). The van der Waals surface area contributed by atoms with Crippen LogP contribution in [-0.4, -0.2) is 28.8 Å². The van der Waals surface area contributed by atoms with Crippen LogP contribution in [-0.2, 0) is 17.7 Å². The number of thiazole rings is 1. The molecule has 2 aromatic rings. The van der Waals surface area contributed by atoms with Crippen molar-refractivity contribution < 1.29 is 9.26 Å². The molecule has 2 aromatic heterocycles. The molecule has 0 bridgehead atoms. The fraction of sp³-hybridized carbons (Fsp3) is 0.500. The lowest BCUT2D eigenvalue weighted by Crippen LogP contribution is -1.96. The van der Waals surface area contributed by atoms with Gasteiger partial charge in [0.05, 0.1) is 12.3 Å². The fourth-order valence-electron chi connectivity index (χ4n) is 1.38. The second-order valence-corrected chi connectivity index (χ2v) is 4.57. The number of aromatic nitrogens is 3. The van der Waals surface area contributed by atoms with E-state index in [9.17, 15) is 0 Å². The molecule has 0 unspecified atom stereocenters. The van der Waals surface area contributed by atoms with Crippen LogP contribution in [0.15, 0.2) is 4.52 Å². The van der Waals surface area contributed by atoms with Gasteiger partial charge in [0, 0.05) is 20.1 Å². The van der Waals surface area contributed by atoms with Crippen LogP contribution in [0.25, 0.3) is 10.8 Å². The summed E-state index contributed by atoms with van der Waals surface area (Å²) in [5, 5.41) is 4.76. The van der Waals surface area contributed by atoms with Gasteiger partial charge in [-0.25, -0.2) is 4.98 Å². The van der Waals surface area contributed by atoms with Gasteiger partial charge >= 0.3 is 0 Å². The van der Waals surface area contributed by atoms with Crippen molar-refractivity contribution in [3.8, 4) is 10.8 Å². The molecular weight excluding hydrogens is 240 g/mol. The van der Waals surface area contributed by atoms with E-state index < -0.39 is 0 Å². The van der Waals surface area contributed by atoms with E-state index in [1.165, 1.54) is 11.3 Å². The van der Waals surface area contributed by atoms with Gasteiger partial charge in [-0.2, -0.15) is 4.98 Å². The third kappa shape index (κ3) is 2.68. The maximum absolute atomic E-state index is 5.55. The SMILES string of the molecule is COCCc1noc(-c2sc(CN)nc2C)n1. The van der Waals surface area contributed by atoms with Crippen LogP contribution in [0.1, 0.15) is 16.5 Å². The summed E-state index contributed by atoms with van der Waals surface area (Å²) >= 11 is 1.49. The summed E-state index contributed by atoms with van der Waals surface area (Å²) < 4.78 is 10.2. The van der Waals surface area contributed by atoms with Crippen molar-refractivity contribution in [2.45, 2.75) is 19.9 Å². The molecule has 0 saturated carbocycles. The molecule has 0 aliphatic carbocycles. The second-order valence-electron chi connectivity index (χ2n) is 3.48. The minimum atomic E-state index is 0.427. The van der Waals surface area contributed by atoms with Crippen molar-refractivity contribution in [1.29, 1.82) is 0 Å². The summed E-state index contributed by atoms with van der Waals surface area (Å²) in [7, 11) is 1.64. The number of aryl methyl sites for hydroxylation is 1. The first-order chi connectivity index (χ1) is 8.24. The molecule has 0 radical (unpaired) electrons. The van der Waals surface area contributed by atoms with E-state index in [0.717, 1.165) is 15.6 Å². The zero-order chi connectivity index (χ0) is 12.3. The predicted octanol–water partition coefficient (Wildman–Crippen LogP) is 1.15. The van der Waals surface area contributed by atoms with E-state index in [1.54, 1.807) is 7.11 Å². The Hall–Kier alpha value is -1.31. The van der Waals surface area contributed by atoms with Gasteiger partial charge in [0.15, 0.2) is 5.82 Å². The van der Waals surface area contributed by atoms with Gasteiger partial charge in [-0.05, 0) is 6.92 Å². The van der Waals surface area contributed by atoms with Crippen LogP contribution in [0.4, 0.5) is 0 Å². The molecule has 0 aromatic carbocycles. The topological polar surface area (TPSA) is 87.1 Å². The normalized spacial score (nSPS) is 11.0. The van der Waals surface area contributed by atoms with Crippen molar-refractivity contribution in [3.05, 3.63) is 16.5 Å². The van der Waals surface area contributed by atoms with Crippen LogP contribution < -0.4 is 5.73 Å². The lowest BCUT2D eigenvalue weighted by Gasteiger charge is -1.90. The van der Waals surface area contributed by atoms with Crippen molar-refractivity contribution in [2.75, 3.05) is 13.7 Å². The third-order valence-electron chi connectivity index (χ3n) is 2.21. The van der Waals surface area contributed by atoms with Crippen molar-refractivity contribution >= 4 is 11.3 Å². The number of hydrogen-bond donors (Lipinski definition) is 1. The monoisotopic (exact) mass is 254 g/mol. The van der Waals surface area contributed by atoms with Gasteiger partial charge in [0.1, 0.15) is 9.88 Å². The van der Waals surface area contributed by atoms with E-state index in [0.29, 0.717) is 31.3 Å². The van der Waals surface area contributed by atoms with Gasteiger partial charge in [-0.3, -0.25) is 0 Å². The molecule has 7 heteroatoms. The van der Waals surface area contributed by atoms with Gasteiger partial charge in [0.25, 0.3) is 5.89 Å². The highest BCUT2D eigenvalue weighted by Gasteiger charge is 2.15. The first-order valence-electron chi connectivity index (χ1n) is 5.23. The predicted molar refractivity (Wildman–Crippen MR) is 63.6 cm³/mol. The summed E-state index contributed by atoms with van der Waals surface area (Å²) in [6.07, 6.45) is 0.640. The first-order valence-corrected chi connectivity index (χ1v) is 6.04. The number of nitrogens with two attached hydrogens (primary N) is 1. The molecule has 2 heterocycles. The molecule has 0 atom stereocenters. The number of ether oxygens (including phenoxy) is 1. The van der Waals surface area contributed by atoms with Crippen LogP contribution in [0.2, 0.25) is 0 Å². The Morgan fingerprint density at radius 2 is 2.24 bits per heavy atom. The van der Waals surface area contributed by atoms with E-state index in [2.05, 4.69) is 15.1 Å². The lowest BCUT2D eigenvalue weighted by molar-refractivity contribution is 0.199. The molecule has 0 fully saturated rings. The quantitative estimate of drug-likeness (QED) is 0.861. The third-order valence-corrected chi connectivity index (χ3v) is 3.38. The van der Waals surface area contributed by atoms with Gasteiger partial charge in [-0.1, -0.05) is 5.16 Å². The molecule has 0 aliphatic rings. The zero-order valence-corrected chi connectivity index (χ0v) is 10.6. The minimum absolute atomic E-state index is 0.427. The second kappa shape index (κ2) is 5.35. The largest absolute Gasteiger partial charge is 0.384 e. The van der Waals surface area contributed by atoms with E-state index >= 15 is 0 Å². The average molecular weight is 254 g/mol. The summed E-state index contributed by atoms with van der Waals surface area (Å²) in [6.45, 7) is 2.91. The Labute approximate surface area is 103 Å². The maximum Gasteiger partial charge on any atom is 0.269 e. The molecule has 0 saturated heterocycles. The highest BCUT2D eigenvalue weighted by Crippen LogP contribution is 2.28. The molecule has 0 amide bonds. The lowest BCUT2D eigenvalue weighted by atomic mass is 10.4. The zero-order valence-electron chi connectivity index (χ0n) is 9.77. The standard InChI is InChI=1S/C10H14N4O2S/c1-6-9(17-8(5-11)12-6)10-13-7(14-16-10)3-4-15-2/h3-5,11H2,1-2H3. The van der Waals surface area contributed by atoms with Crippen molar-refractivity contribution in [2.24, 2.45) is 5.73 Å². The molecule has 92 valence electrons. The van der Waals surface area contributed by atoms with Crippen molar-refractivity contribution in [3.63, 3.8) is 0 Å². The summed E-state index contributed by atoms with van der Waals surface area (Å²) in [5.41, 5.74) is 6.42. The summed E-state index contributed by atoms with van der Waals surface area (Å²) in [5.74, 6) is 1.15. The number of nitrogens with zero attached hydrogens (tertiary/aromatic N) is 3. The Morgan fingerprint density at radius 3 is 2.88 bits per heavy atom. The number of rotatable bonds is 5. The van der Waals surface area contributed by atoms with Crippen LogP contribution in [0.3, 0.4) is 0 Å². The molecular formula is C10H14N4O2S.